The Morgan fingerprint density at radius 3 is 1.94 bits per heavy atom. The van der Waals surface area contributed by atoms with Crippen LogP contribution in [-0.2, 0) is 0 Å². The molecular formula is C45H27N3OS. The van der Waals surface area contributed by atoms with Crippen molar-refractivity contribution in [1.29, 1.82) is 0 Å². The fourth-order valence-corrected chi connectivity index (χ4v) is 7.01. The van der Waals surface area contributed by atoms with Crippen LogP contribution in [0, 0.1) is 0 Å². The molecule has 10 aromatic rings. The van der Waals surface area contributed by atoms with Crippen molar-refractivity contribution >= 4 is 53.4 Å². The van der Waals surface area contributed by atoms with Crippen LogP contribution < -0.4 is 0 Å². The third kappa shape index (κ3) is 4.87. The minimum Gasteiger partial charge on any atom is -0.456 e. The fraction of sp³-hybridized carbons (Fsp3) is 0. The van der Waals surface area contributed by atoms with E-state index in [4.69, 9.17) is 29.5 Å². The summed E-state index contributed by atoms with van der Waals surface area (Å²) >= 11 is 0.884. The summed E-state index contributed by atoms with van der Waals surface area (Å²) in [5.41, 5.74) is 3.21. The van der Waals surface area contributed by atoms with Gasteiger partial charge in [-0.1, -0.05) is 127 Å². The zero-order valence-electron chi connectivity index (χ0n) is 39.7. The number of nitrogens with zero attached hydrogens (tertiary/aromatic N) is 3. The zero-order valence-corrected chi connectivity index (χ0v) is 26.5. The normalized spacial score (nSPS) is 15.5. The molecule has 3 aromatic heterocycles. The number of aromatic nitrogens is 3. The summed E-state index contributed by atoms with van der Waals surface area (Å²) in [5, 5.41) is -0.345. The van der Waals surface area contributed by atoms with Crippen LogP contribution in [0.4, 0.5) is 0 Å². The highest BCUT2D eigenvalue weighted by Gasteiger charge is 2.18. The molecule has 7 aromatic carbocycles. The standard InChI is InChI=1S/C45H27N3OS/c1-2-10-28(11-3-1)31-12-8-13-32(26-31)29-20-22-30(23-21-29)43-46-44(33-24-25-35-34-14-4-6-18-39(34)49-40(35)27-33)48-45(47-43)38-17-9-16-37-36-15-5-7-19-41(36)50-42(37)38/h1-27H/i4D,5D,6D,7D,9D,14D,15D,16D,17D,18D,19D,24D,25D,27D. The number of rotatable bonds is 5. The van der Waals surface area contributed by atoms with Crippen molar-refractivity contribution in [3.8, 4) is 56.4 Å². The Balaban J connectivity index is 1.25. The maximum Gasteiger partial charge on any atom is 0.165 e. The molecule has 0 aliphatic rings. The van der Waals surface area contributed by atoms with Crippen LogP contribution >= 0.6 is 11.3 Å². The van der Waals surface area contributed by atoms with Crippen molar-refractivity contribution in [2.45, 2.75) is 0 Å². The summed E-state index contributed by atoms with van der Waals surface area (Å²) in [4.78, 5) is 14.2. The largest absolute Gasteiger partial charge is 0.456 e. The molecular weight excluding hydrogens is 631 g/mol. The highest BCUT2D eigenvalue weighted by Crippen LogP contribution is 2.40. The van der Waals surface area contributed by atoms with Gasteiger partial charge in [0.15, 0.2) is 17.5 Å². The molecule has 0 spiro atoms. The molecule has 0 amide bonds. The van der Waals surface area contributed by atoms with E-state index < -0.39 is 78.6 Å². The molecule has 0 saturated carbocycles. The van der Waals surface area contributed by atoms with E-state index in [1.165, 1.54) is 0 Å². The van der Waals surface area contributed by atoms with Crippen molar-refractivity contribution in [2.24, 2.45) is 0 Å². The first-order valence-corrected chi connectivity index (χ1v) is 16.3. The van der Waals surface area contributed by atoms with Crippen molar-refractivity contribution < 1.29 is 23.6 Å². The predicted molar refractivity (Wildman–Crippen MR) is 207 cm³/mol. The van der Waals surface area contributed by atoms with Gasteiger partial charge >= 0.3 is 0 Å². The van der Waals surface area contributed by atoms with E-state index in [0.717, 1.165) is 33.6 Å². The molecule has 0 aliphatic carbocycles. The molecule has 0 N–H and O–H groups in total. The second-order valence-electron chi connectivity index (χ2n) is 11.4. The molecule has 0 bridgehead atoms. The van der Waals surface area contributed by atoms with E-state index in [2.05, 4.69) is 11.1 Å². The average Bonchev–Trinajstić information content (AvgIpc) is 3.92. The Kier molecular flexibility index (Phi) is 4.14. The maximum atomic E-state index is 9.36. The van der Waals surface area contributed by atoms with Gasteiger partial charge in [-0.2, -0.15) is 0 Å². The molecule has 0 unspecified atom stereocenters. The van der Waals surface area contributed by atoms with Crippen LogP contribution in [0.2, 0.25) is 0 Å². The van der Waals surface area contributed by atoms with Crippen LogP contribution in [0.5, 0.6) is 0 Å². The van der Waals surface area contributed by atoms with Crippen molar-refractivity contribution in [2.75, 3.05) is 0 Å². The van der Waals surface area contributed by atoms with Crippen LogP contribution in [0.25, 0.3) is 98.5 Å². The highest BCUT2D eigenvalue weighted by molar-refractivity contribution is 7.26. The van der Waals surface area contributed by atoms with Gasteiger partial charge in [0.1, 0.15) is 11.2 Å². The first-order valence-electron chi connectivity index (χ1n) is 22.5. The van der Waals surface area contributed by atoms with Gasteiger partial charge in [-0.05, 0) is 58.5 Å². The van der Waals surface area contributed by atoms with Crippen molar-refractivity contribution in [3.63, 3.8) is 0 Å². The van der Waals surface area contributed by atoms with Gasteiger partial charge in [-0.3, -0.25) is 0 Å². The second kappa shape index (κ2) is 11.6. The molecule has 234 valence electrons. The summed E-state index contributed by atoms with van der Waals surface area (Å²) < 4.78 is 128. The van der Waals surface area contributed by atoms with Gasteiger partial charge in [0.25, 0.3) is 0 Å². The van der Waals surface area contributed by atoms with Gasteiger partial charge in [0.2, 0.25) is 0 Å². The van der Waals surface area contributed by atoms with Gasteiger partial charge in [-0.15, -0.1) is 11.3 Å². The Morgan fingerprint density at radius 2 is 1.10 bits per heavy atom. The number of thiophene rings is 1. The lowest BCUT2D eigenvalue weighted by molar-refractivity contribution is 0.669. The maximum absolute atomic E-state index is 9.36. The summed E-state index contributed by atoms with van der Waals surface area (Å²) in [6.07, 6.45) is 0. The van der Waals surface area contributed by atoms with Gasteiger partial charge in [-0.25, -0.2) is 15.0 Å². The lowest BCUT2D eigenvalue weighted by Gasteiger charge is -2.10. The molecule has 0 saturated heterocycles. The summed E-state index contributed by atoms with van der Waals surface area (Å²) in [5.74, 6) is -0.595. The number of hydrogen-bond donors (Lipinski definition) is 0. The SMILES string of the molecule is [2H]c1c([2H])c([2H])c2c(oc3c([2H])c(-c4nc(-c5ccc(-c6cccc(-c7ccccc7)c6)cc5)nc(-c5c([2H])c([2H])c([2H])c6c5sc5c([2H])c([2H])c([2H])c([2H])c56)n4)c([2H])c([2H])c32)c1[2H]. The van der Waals surface area contributed by atoms with Crippen LogP contribution in [-0.4, -0.2) is 15.0 Å². The Labute approximate surface area is 311 Å². The topological polar surface area (TPSA) is 51.8 Å². The zero-order chi connectivity index (χ0) is 45.2. The quantitative estimate of drug-likeness (QED) is 0.183. The van der Waals surface area contributed by atoms with Gasteiger partial charge in [0.05, 0.1) is 19.2 Å². The smallest absolute Gasteiger partial charge is 0.165 e. The lowest BCUT2D eigenvalue weighted by atomic mass is 9.98. The molecule has 4 nitrogen and oxygen atoms in total. The molecule has 0 fully saturated rings. The molecule has 0 radical (unpaired) electrons. The molecule has 5 heteroatoms. The average molecular weight is 672 g/mol. The van der Waals surface area contributed by atoms with Crippen LogP contribution in [0.15, 0.2) is 168 Å². The third-order valence-corrected chi connectivity index (χ3v) is 9.47. The van der Waals surface area contributed by atoms with Crippen molar-refractivity contribution in [3.05, 3.63) is 163 Å². The van der Waals surface area contributed by atoms with E-state index >= 15 is 0 Å². The molecule has 3 heterocycles. The van der Waals surface area contributed by atoms with Crippen LogP contribution in [0.1, 0.15) is 19.2 Å². The molecule has 50 heavy (non-hydrogen) atoms. The van der Waals surface area contributed by atoms with Crippen molar-refractivity contribution in [1.82, 2.24) is 15.0 Å². The Hall–Kier alpha value is -6.43. The minimum absolute atomic E-state index is 0.00236. The summed E-state index contributed by atoms with van der Waals surface area (Å²) in [6.45, 7) is 0. The first-order chi connectivity index (χ1) is 30.6. The molecule has 0 atom stereocenters. The highest BCUT2D eigenvalue weighted by atomic mass is 32.1. The van der Waals surface area contributed by atoms with E-state index in [1.54, 1.807) is 12.1 Å². The number of benzene rings is 7. The lowest BCUT2D eigenvalue weighted by Crippen LogP contribution is -2.00. The number of para-hydroxylation sites is 1. The molecule has 10 rings (SSSR count). The number of fused-ring (bicyclic) bond motifs is 6. The monoisotopic (exact) mass is 671 g/mol. The Bertz CT molecular complexity index is 3670. The second-order valence-corrected chi connectivity index (χ2v) is 12.4. The van der Waals surface area contributed by atoms with E-state index in [-0.39, 0.29) is 76.8 Å². The summed E-state index contributed by atoms with van der Waals surface area (Å²) in [6, 6.07) is 18.0. The van der Waals surface area contributed by atoms with Crippen LogP contribution in [0.3, 0.4) is 0 Å². The van der Waals surface area contributed by atoms with E-state index in [1.807, 2.05) is 60.7 Å². The fourth-order valence-electron chi connectivity index (χ4n) is 5.94. The number of furan rings is 1. The summed E-state index contributed by atoms with van der Waals surface area (Å²) in [7, 11) is 0. The number of hydrogen-bond acceptors (Lipinski definition) is 5. The van der Waals surface area contributed by atoms with Gasteiger partial charge in [0, 0.05) is 47.6 Å². The Morgan fingerprint density at radius 1 is 0.460 bits per heavy atom. The van der Waals surface area contributed by atoms with E-state index in [9.17, 15) is 4.11 Å². The first kappa shape index (κ1) is 17.8. The van der Waals surface area contributed by atoms with E-state index in [0.29, 0.717) is 5.56 Å². The van der Waals surface area contributed by atoms with Gasteiger partial charge < -0.3 is 4.42 Å². The molecule has 0 aliphatic heterocycles. The minimum atomic E-state index is -0.582. The predicted octanol–water partition coefficient (Wildman–Crippen LogP) is 12.5. The third-order valence-electron chi connectivity index (χ3n) is 8.35.